The van der Waals surface area contributed by atoms with Gasteiger partial charge in [0.05, 0.1) is 0 Å². The maximum Gasteiger partial charge on any atom is 0.220 e. The maximum absolute atomic E-state index is 10.9. The second-order valence-electron chi connectivity index (χ2n) is 2.32. The summed E-state index contributed by atoms with van der Waals surface area (Å²) in [5, 5.41) is 2.72. The Morgan fingerprint density at radius 3 is 3.00 bits per heavy atom. The van der Waals surface area contributed by atoms with E-state index in [0.29, 0.717) is 13.0 Å². The zero-order valence-corrected chi connectivity index (χ0v) is 7.02. The summed E-state index contributed by atoms with van der Waals surface area (Å²) in [6.07, 6.45) is 4.35. The molecule has 0 spiro atoms. The third-order valence-electron chi connectivity index (χ3n) is 1.30. The van der Waals surface area contributed by atoms with Gasteiger partial charge in [0.15, 0.2) is 0 Å². The van der Waals surface area contributed by atoms with Crippen LogP contribution in [0, 0.1) is 0 Å². The molecule has 62 valence electrons. The fourth-order valence-corrected chi connectivity index (χ4v) is 0.663. The van der Waals surface area contributed by atoms with E-state index in [0.717, 1.165) is 12.8 Å². The van der Waals surface area contributed by atoms with Crippen molar-refractivity contribution in [3.05, 3.63) is 18.4 Å². The number of nitrogens with one attached hydrogen (secondary N) is 1. The van der Waals surface area contributed by atoms with Crippen LogP contribution in [0.2, 0.25) is 0 Å². The Morgan fingerprint density at radius 2 is 2.45 bits per heavy atom. The summed E-state index contributed by atoms with van der Waals surface area (Å²) in [4.78, 5) is 10.9. The predicted octanol–water partition coefficient (Wildman–Crippen LogP) is 1.63. The van der Waals surface area contributed by atoms with E-state index < -0.39 is 0 Å². The van der Waals surface area contributed by atoms with E-state index in [-0.39, 0.29) is 5.91 Å². The van der Waals surface area contributed by atoms with Gasteiger partial charge in [0.25, 0.3) is 0 Å². The number of unbranched alkanes of at least 4 members (excludes halogenated alkanes) is 1. The van der Waals surface area contributed by atoms with E-state index in [1.165, 1.54) is 0 Å². The summed E-state index contributed by atoms with van der Waals surface area (Å²) in [6.45, 7) is 6.00. The molecular formula is C9H15NO. The number of amides is 1. The minimum absolute atomic E-state index is 0.110. The van der Waals surface area contributed by atoms with Gasteiger partial charge in [0.2, 0.25) is 5.91 Å². The van der Waals surface area contributed by atoms with Crippen molar-refractivity contribution in [3.8, 4) is 0 Å². The van der Waals surface area contributed by atoms with Crippen LogP contribution in [0.4, 0.5) is 0 Å². The van der Waals surface area contributed by atoms with Gasteiger partial charge in [-0.15, -0.1) is 5.73 Å². The third-order valence-corrected chi connectivity index (χ3v) is 1.30. The first kappa shape index (κ1) is 9.99. The fourth-order valence-electron chi connectivity index (χ4n) is 0.663. The minimum atomic E-state index is 0.110. The van der Waals surface area contributed by atoms with E-state index in [4.69, 9.17) is 0 Å². The molecule has 0 aliphatic rings. The van der Waals surface area contributed by atoms with Gasteiger partial charge in [-0.3, -0.25) is 4.79 Å². The molecule has 2 heteroatoms. The first-order valence-corrected chi connectivity index (χ1v) is 3.92. The molecule has 0 radical (unpaired) electrons. The average molecular weight is 153 g/mol. The van der Waals surface area contributed by atoms with Crippen LogP contribution >= 0.6 is 0 Å². The normalized spacial score (nSPS) is 8.45. The van der Waals surface area contributed by atoms with Gasteiger partial charge < -0.3 is 5.32 Å². The average Bonchev–Trinajstić information content (AvgIpc) is 2.01. The maximum atomic E-state index is 10.9. The zero-order valence-electron chi connectivity index (χ0n) is 7.02. The largest absolute Gasteiger partial charge is 0.352 e. The highest BCUT2D eigenvalue weighted by molar-refractivity contribution is 5.75. The lowest BCUT2D eigenvalue weighted by Gasteiger charge is -1.98. The van der Waals surface area contributed by atoms with Gasteiger partial charge in [0, 0.05) is 13.0 Å². The summed E-state index contributed by atoms with van der Waals surface area (Å²) in [5.74, 6) is 0.110. The van der Waals surface area contributed by atoms with Gasteiger partial charge in [-0.05, 0) is 12.5 Å². The van der Waals surface area contributed by atoms with E-state index in [1.54, 1.807) is 6.08 Å². The van der Waals surface area contributed by atoms with Crippen LogP contribution in [-0.4, -0.2) is 12.5 Å². The first-order valence-electron chi connectivity index (χ1n) is 3.92. The molecule has 0 atom stereocenters. The molecule has 0 saturated carbocycles. The van der Waals surface area contributed by atoms with E-state index in [1.807, 2.05) is 0 Å². The van der Waals surface area contributed by atoms with Crippen LogP contribution in [-0.2, 0) is 4.79 Å². The summed E-state index contributed by atoms with van der Waals surface area (Å²) in [6, 6.07) is 0. The van der Waals surface area contributed by atoms with Crippen molar-refractivity contribution < 1.29 is 4.79 Å². The molecule has 0 aromatic rings. The molecule has 1 amide bonds. The Bertz CT molecular complexity index is 157. The van der Waals surface area contributed by atoms with Gasteiger partial charge in [-0.1, -0.05) is 19.9 Å². The quantitative estimate of drug-likeness (QED) is 0.598. The van der Waals surface area contributed by atoms with Crippen molar-refractivity contribution >= 4 is 5.91 Å². The van der Waals surface area contributed by atoms with E-state index in [9.17, 15) is 4.79 Å². The second-order valence-corrected chi connectivity index (χ2v) is 2.32. The molecule has 11 heavy (non-hydrogen) atoms. The number of hydrogen-bond donors (Lipinski definition) is 1. The first-order chi connectivity index (χ1) is 5.31. The molecule has 0 aliphatic heterocycles. The Kier molecular flexibility index (Phi) is 6.45. The van der Waals surface area contributed by atoms with E-state index >= 15 is 0 Å². The standard InChI is InChI=1S/C9H15NO/c1-3-5-7-9(11)10-8-6-4-2/h6H,2-3,5,7-8H2,1H3,(H,10,11). The number of carbonyl (C=O) groups is 1. The highest BCUT2D eigenvalue weighted by atomic mass is 16.1. The highest BCUT2D eigenvalue weighted by Gasteiger charge is 1.95. The summed E-state index contributed by atoms with van der Waals surface area (Å²) in [7, 11) is 0. The van der Waals surface area contributed by atoms with Gasteiger partial charge in [-0.25, -0.2) is 0 Å². The number of rotatable bonds is 5. The third kappa shape index (κ3) is 6.88. The molecule has 0 bridgehead atoms. The number of hydrogen-bond acceptors (Lipinski definition) is 1. The molecule has 0 aromatic carbocycles. The Labute approximate surface area is 68.0 Å². The Hall–Kier alpha value is -1.01. The smallest absolute Gasteiger partial charge is 0.220 e. The fraction of sp³-hybridized carbons (Fsp3) is 0.556. The molecule has 0 unspecified atom stereocenters. The SMILES string of the molecule is C=C=CCNC(=O)CCCC. The van der Waals surface area contributed by atoms with Gasteiger partial charge >= 0.3 is 0 Å². The van der Waals surface area contributed by atoms with Crippen LogP contribution in [0.5, 0.6) is 0 Å². The van der Waals surface area contributed by atoms with Crippen LogP contribution in [0.3, 0.4) is 0 Å². The van der Waals surface area contributed by atoms with Gasteiger partial charge in [0.1, 0.15) is 0 Å². The van der Waals surface area contributed by atoms with Crippen LogP contribution in [0.1, 0.15) is 26.2 Å². The van der Waals surface area contributed by atoms with Gasteiger partial charge in [-0.2, -0.15) is 0 Å². The topological polar surface area (TPSA) is 29.1 Å². The highest BCUT2D eigenvalue weighted by Crippen LogP contribution is 1.92. The monoisotopic (exact) mass is 153 g/mol. The van der Waals surface area contributed by atoms with Crippen molar-refractivity contribution in [1.82, 2.24) is 5.32 Å². The van der Waals surface area contributed by atoms with Crippen molar-refractivity contribution in [2.45, 2.75) is 26.2 Å². The summed E-state index contributed by atoms with van der Waals surface area (Å²) >= 11 is 0. The Morgan fingerprint density at radius 1 is 1.73 bits per heavy atom. The lowest BCUT2D eigenvalue weighted by Crippen LogP contribution is -2.22. The van der Waals surface area contributed by atoms with Crippen molar-refractivity contribution in [2.75, 3.05) is 6.54 Å². The predicted molar refractivity (Wildman–Crippen MR) is 46.2 cm³/mol. The summed E-state index contributed by atoms with van der Waals surface area (Å²) < 4.78 is 0. The lowest BCUT2D eigenvalue weighted by molar-refractivity contribution is -0.120. The van der Waals surface area contributed by atoms with Crippen LogP contribution in [0.15, 0.2) is 18.4 Å². The number of carbonyl (C=O) groups excluding carboxylic acids is 1. The molecule has 0 saturated heterocycles. The molecule has 0 rings (SSSR count). The molecule has 2 nitrogen and oxygen atoms in total. The van der Waals surface area contributed by atoms with E-state index in [2.05, 4.69) is 24.6 Å². The second kappa shape index (κ2) is 7.10. The summed E-state index contributed by atoms with van der Waals surface area (Å²) in [5.41, 5.74) is 2.59. The Balaban J connectivity index is 3.29. The van der Waals surface area contributed by atoms with Crippen molar-refractivity contribution in [3.63, 3.8) is 0 Å². The van der Waals surface area contributed by atoms with Crippen LogP contribution in [0.25, 0.3) is 0 Å². The molecule has 0 heterocycles. The molecule has 0 aliphatic carbocycles. The molecule has 0 fully saturated rings. The van der Waals surface area contributed by atoms with Crippen molar-refractivity contribution in [1.29, 1.82) is 0 Å². The van der Waals surface area contributed by atoms with Crippen LogP contribution < -0.4 is 5.32 Å². The van der Waals surface area contributed by atoms with Crippen molar-refractivity contribution in [2.24, 2.45) is 0 Å². The zero-order chi connectivity index (χ0) is 8.53. The molecular weight excluding hydrogens is 138 g/mol. The lowest BCUT2D eigenvalue weighted by atomic mass is 10.2. The molecule has 0 aromatic heterocycles. The minimum Gasteiger partial charge on any atom is -0.352 e. The molecule has 1 N–H and O–H groups in total.